The quantitative estimate of drug-likeness (QED) is 0.428. The maximum atomic E-state index is 12.8. The molecule has 5 rings (SSSR count). The van der Waals surface area contributed by atoms with Gasteiger partial charge in [-0.3, -0.25) is 4.79 Å². The average Bonchev–Trinajstić information content (AvgIpc) is 3.31. The monoisotopic (exact) mass is 433 g/mol. The van der Waals surface area contributed by atoms with Crippen LogP contribution in [0.25, 0.3) is 11.3 Å². The lowest BCUT2D eigenvalue weighted by atomic mass is 9.92. The molecule has 2 aromatic heterocycles. The van der Waals surface area contributed by atoms with Crippen LogP contribution in [0.15, 0.2) is 47.3 Å². The van der Waals surface area contributed by atoms with Crippen LogP contribution in [0.5, 0.6) is 17.2 Å². The molecule has 32 heavy (non-hydrogen) atoms. The molecule has 2 N–H and O–H groups in total. The van der Waals surface area contributed by atoms with Crippen molar-refractivity contribution in [2.45, 2.75) is 6.04 Å². The smallest absolute Gasteiger partial charge is 0.288 e. The highest BCUT2D eigenvalue weighted by Gasteiger charge is 2.36. The van der Waals surface area contributed by atoms with Crippen LogP contribution in [-0.4, -0.2) is 51.7 Å². The van der Waals surface area contributed by atoms with Gasteiger partial charge >= 0.3 is 0 Å². The minimum Gasteiger partial charge on any atom is -0.497 e. The lowest BCUT2D eigenvalue weighted by Gasteiger charge is -2.28. The molecule has 11 heteroatoms. The van der Waals surface area contributed by atoms with E-state index in [-0.39, 0.29) is 0 Å². The highest BCUT2D eigenvalue weighted by Crippen LogP contribution is 2.44. The Bertz CT molecular complexity index is 1360. The maximum Gasteiger partial charge on any atom is 0.288 e. The lowest BCUT2D eigenvalue weighted by molar-refractivity contribution is 0.386. The molecule has 1 aliphatic rings. The van der Waals surface area contributed by atoms with Crippen molar-refractivity contribution in [1.29, 1.82) is 0 Å². The first-order chi connectivity index (χ1) is 15.6. The van der Waals surface area contributed by atoms with Crippen LogP contribution >= 0.6 is 0 Å². The first-order valence-electron chi connectivity index (χ1n) is 9.68. The Morgan fingerprint density at radius 2 is 1.81 bits per heavy atom. The van der Waals surface area contributed by atoms with Crippen molar-refractivity contribution in [2.75, 3.05) is 26.6 Å². The Morgan fingerprint density at radius 3 is 2.59 bits per heavy atom. The van der Waals surface area contributed by atoms with Crippen molar-refractivity contribution >= 4 is 11.6 Å². The van der Waals surface area contributed by atoms with Crippen LogP contribution in [-0.2, 0) is 0 Å². The van der Waals surface area contributed by atoms with Crippen LogP contribution in [0.1, 0.15) is 17.2 Å². The molecule has 1 atom stereocenters. The Kier molecular flexibility index (Phi) is 4.70. The Balaban J connectivity index is 1.81. The predicted molar refractivity (Wildman–Crippen MR) is 115 cm³/mol. The fourth-order valence-corrected chi connectivity index (χ4v) is 3.86. The summed E-state index contributed by atoms with van der Waals surface area (Å²) < 4.78 is 18.0. The number of benzene rings is 2. The number of aromatic nitrogens is 6. The number of ether oxygens (including phenoxy) is 3. The zero-order valence-corrected chi connectivity index (χ0v) is 17.5. The molecule has 0 fully saturated rings. The van der Waals surface area contributed by atoms with E-state index in [0.717, 1.165) is 11.1 Å². The normalized spacial score (nSPS) is 14.2. The molecule has 0 aliphatic carbocycles. The van der Waals surface area contributed by atoms with Crippen LogP contribution in [0.3, 0.4) is 0 Å². The molecular formula is C21H19N7O4. The maximum absolute atomic E-state index is 12.8. The zero-order valence-electron chi connectivity index (χ0n) is 17.5. The van der Waals surface area contributed by atoms with E-state index in [1.54, 1.807) is 32.1 Å². The van der Waals surface area contributed by atoms with Gasteiger partial charge in [-0.15, -0.1) is 0 Å². The van der Waals surface area contributed by atoms with E-state index < -0.39 is 11.6 Å². The molecule has 0 spiro atoms. The van der Waals surface area contributed by atoms with Gasteiger partial charge in [-0.1, -0.05) is 17.2 Å². The van der Waals surface area contributed by atoms with Crippen molar-refractivity contribution < 1.29 is 14.2 Å². The number of nitrogens with one attached hydrogen (secondary N) is 2. The topological polar surface area (TPSA) is 129 Å². The average molecular weight is 433 g/mol. The summed E-state index contributed by atoms with van der Waals surface area (Å²) in [5.41, 5.74) is 2.57. The summed E-state index contributed by atoms with van der Waals surface area (Å²) in [5.74, 6) is 2.18. The second-order valence-electron chi connectivity index (χ2n) is 7.00. The van der Waals surface area contributed by atoms with Gasteiger partial charge in [-0.25, -0.2) is 5.10 Å². The summed E-state index contributed by atoms with van der Waals surface area (Å²) >= 11 is 0. The molecule has 0 saturated carbocycles. The Morgan fingerprint density at radius 1 is 1.00 bits per heavy atom. The van der Waals surface area contributed by atoms with E-state index in [1.165, 1.54) is 0 Å². The van der Waals surface area contributed by atoms with Crippen LogP contribution in [0, 0.1) is 0 Å². The third-order valence-corrected chi connectivity index (χ3v) is 5.35. The van der Waals surface area contributed by atoms with Gasteiger partial charge in [-0.05, 0) is 34.7 Å². The first-order valence-corrected chi connectivity index (χ1v) is 9.68. The molecule has 162 valence electrons. The number of hydrogen-bond donors (Lipinski definition) is 2. The SMILES string of the molecule is COc1cccc(-c2n[nH]c(=O)c3c2C(c2ccc(OC)cc2OC)n2nnnc2N3)c1. The third kappa shape index (κ3) is 3.02. The van der Waals surface area contributed by atoms with Crippen molar-refractivity contribution in [3.63, 3.8) is 0 Å². The molecule has 0 bridgehead atoms. The molecule has 1 aliphatic heterocycles. The van der Waals surface area contributed by atoms with E-state index in [4.69, 9.17) is 14.2 Å². The highest BCUT2D eigenvalue weighted by molar-refractivity contribution is 5.76. The number of H-pyrrole nitrogens is 1. The summed E-state index contributed by atoms with van der Waals surface area (Å²) in [4.78, 5) is 12.8. The first kappa shape index (κ1) is 19.5. The third-order valence-electron chi connectivity index (χ3n) is 5.35. The number of hydrogen-bond acceptors (Lipinski definition) is 9. The number of rotatable bonds is 5. The van der Waals surface area contributed by atoms with Gasteiger partial charge in [0, 0.05) is 22.8 Å². The van der Waals surface area contributed by atoms with Gasteiger partial charge in [0.25, 0.3) is 5.56 Å². The molecule has 2 aromatic carbocycles. The van der Waals surface area contributed by atoms with Crippen LogP contribution in [0.2, 0.25) is 0 Å². The van der Waals surface area contributed by atoms with Crippen molar-refractivity contribution in [2.24, 2.45) is 0 Å². The van der Waals surface area contributed by atoms with Gasteiger partial charge in [-0.2, -0.15) is 9.78 Å². The highest BCUT2D eigenvalue weighted by atomic mass is 16.5. The summed E-state index contributed by atoms with van der Waals surface area (Å²) in [6.07, 6.45) is 0. The van der Waals surface area contributed by atoms with Gasteiger partial charge < -0.3 is 19.5 Å². The molecule has 3 heterocycles. The fraction of sp³-hybridized carbons (Fsp3) is 0.190. The number of tetrazole rings is 1. The van der Waals surface area contributed by atoms with Gasteiger partial charge in [0.15, 0.2) is 0 Å². The molecular weight excluding hydrogens is 414 g/mol. The number of fused-ring (bicyclic) bond motifs is 2. The van der Waals surface area contributed by atoms with Gasteiger partial charge in [0.2, 0.25) is 5.95 Å². The summed E-state index contributed by atoms with van der Waals surface area (Å²) in [6, 6.07) is 12.3. The summed E-state index contributed by atoms with van der Waals surface area (Å²) in [7, 11) is 4.74. The molecule has 0 saturated heterocycles. The van der Waals surface area contributed by atoms with Crippen molar-refractivity contribution in [3.8, 4) is 28.5 Å². The fourth-order valence-electron chi connectivity index (χ4n) is 3.86. The second kappa shape index (κ2) is 7.69. The van der Waals surface area contributed by atoms with Gasteiger partial charge in [0.1, 0.15) is 29.0 Å². The Hall–Kier alpha value is -4.41. The summed E-state index contributed by atoms with van der Waals surface area (Å²) in [5, 5.41) is 22.0. The van der Waals surface area contributed by atoms with E-state index >= 15 is 0 Å². The van der Waals surface area contributed by atoms with Crippen LogP contribution in [0.4, 0.5) is 11.6 Å². The standard InChI is InChI=1S/C21H19N7O4/c1-30-12-6-4-5-11(9-12)17-16-18(20(29)24-23-17)22-21-25-26-27-28(21)19(16)14-8-7-13(31-2)10-15(14)32-3/h4-10,19H,1-3H3,(H,24,29)(H,22,25,27). The van der Waals surface area contributed by atoms with Crippen LogP contribution < -0.4 is 25.1 Å². The van der Waals surface area contributed by atoms with Gasteiger partial charge in [0.05, 0.1) is 27.0 Å². The number of aromatic amines is 1. The van der Waals surface area contributed by atoms with E-state index in [1.807, 2.05) is 36.4 Å². The van der Waals surface area contributed by atoms with E-state index in [0.29, 0.717) is 40.1 Å². The van der Waals surface area contributed by atoms with Crippen molar-refractivity contribution in [3.05, 3.63) is 63.9 Å². The summed E-state index contributed by atoms with van der Waals surface area (Å²) in [6.45, 7) is 0. The number of methoxy groups -OCH3 is 3. The molecule has 1 unspecified atom stereocenters. The van der Waals surface area contributed by atoms with E-state index in [2.05, 4.69) is 31.0 Å². The number of nitrogens with zero attached hydrogens (tertiary/aromatic N) is 5. The molecule has 0 amide bonds. The molecule has 4 aromatic rings. The second-order valence-corrected chi connectivity index (χ2v) is 7.00. The molecule has 0 radical (unpaired) electrons. The Labute approximate surface area is 181 Å². The largest absolute Gasteiger partial charge is 0.497 e. The molecule has 11 nitrogen and oxygen atoms in total. The number of anilines is 2. The van der Waals surface area contributed by atoms with E-state index in [9.17, 15) is 4.79 Å². The minimum atomic E-state index is -0.590. The van der Waals surface area contributed by atoms with Crippen molar-refractivity contribution in [1.82, 2.24) is 30.4 Å². The predicted octanol–water partition coefficient (Wildman–Crippen LogP) is 2.14. The lowest BCUT2D eigenvalue weighted by Crippen LogP contribution is -2.29. The zero-order chi connectivity index (χ0) is 22.2. The minimum absolute atomic E-state index is 0.308.